The SMILES string of the molecule is CCCc1sc(C(=O)N[C@@H](CC(C)C)C(=O)O)cc1CC. The summed E-state index contributed by atoms with van der Waals surface area (Å²) in [6.45, 7) is 8.08. The van der Waals surface area contributed by atoms with Crippen molar-refractivity contribution in [2.24, 2.45) is 5.92 Å². The van der Waals surface area contributed by atoms with Crippen LogP contribution in [0.4, 0.5) is 0 Å². The zero-order chi connectivity index (χ0) is 16.0. The van der Waals surface area contributed by atoms with Crippen molar-refractivity contribution in [3.63, 3.8) is 0 Å². The van der Waals surface area contributed by atoms with Gasteiger partial charge in [-0.05, 0) is 36.8 Å². The lowest BCUT2D eigenvalue weighted by atomic mass is 10.0. The van der Waals surface area contributed by atoms with Crippen molar-refractivity contribution in [1.82, 2.24) is 5.32 Å². The molecule has 1 aromatic rings. The van der Waals surface area contributed by atoms with Crippen LogP contribution in [0.25, 0.3) is 0 Å². The average molecular weight is 311 g/mol. The third-order valence-electron chi connectivity index (χ3n) is 3.29. The minimum Gasteiger partial charge on any atom is -0.480 e. The lowest BCUT2D eigenvalue weighted by Crippen LogP contribution is -2.41. The number of carboxylic acid groups (broad SMARTS) is 1. The van der Waals surface area contributed by atoms with Crippen molar-refractivity contribution in [2.75, 3.05) is 0 Å². The molecule has 1 heterocycles. The Kier molecular flexibility index (Phi) is 6.89. The number of hydrogen-bond acceptors (Lipinski definition) is 3. The largest absolute Gasteiger partial charge is 0.480 e. The number of carboxylic acids is 1. The summed E-state index contributed by atoms with van der Waals surface area (Å²) in [5.41, 5.74) is 1.20. The molecular formula is C16H25NO3S. The molecule has 0 bridgehead atoms. The first kappa shape index (κ1) is 17.7. The highest BCUT2D eigenvalue weighted by Gasteiger charge is 2.23. The molecule has 5 heteroatoms. The van der Waals surface area contributed by atoms with E-state index in [-0.39, 0.29) is 11.8 Å². The second-order valence-electron chi connectivity index (χ2n) is 5.66. The minimum atomic E-state index is -0.974. The molecule has 2 N–H and O–H groups in total. The highest BCUT2D eigenvalue weighted by Crippen LogP contribution is 2.24. The van der Waals surface area contributed by atoms with Crippen molar-refractivity contribution in [3.05, 3.63) is 21.4 Å². The van der Waals surface area contributed by atoms with Gasteiger partial charge in [0.2, 0.25) is 0 Å². The van der Waals surface area contributed by atoms with Crippen LogP contribution in [-0.2, 0) is 17.6 Å². The molecule has 1 atom stereocenters. The number of amides is 1. The van der Waals surface area contributed by atoms with E-state index >= 15 is 0 Å². The van der Waals surface area contributed by atoms with Crippen LogP contribution >= 0.6 is 11.3 Å². The third-order valence-corrected chi connectivity index (χ3v) is 4.52. The smallest absolute Gasteiger partial charge is 0.326 e. The van der Waals surface area contributed by atoms with E-state index in [9.17, 15) is 14.7 Å². The molecule has 0 aliphatic rings. The maximum absolute atomic E-state index is 12.3. The summed E-state index contributed by atoms with van der Waals surface area (Å²) in [4.78, 5) is 25.3. The summed E-state index contributed by atoms with van der Waals surface area (Å²) in [6, 6.07) is 1.08. The van der Waals surface area contributed by atoms with Crippen LogP contribution in [0, 0.1) is 5.92 Å². The van der Waals surface area contributed by atoms with E-state index < -0.39 is 12.0 Å². The molecule has 0 saturated heterocycles. The van der Waals surface area contributed by atoms with Gasteiger partial charge in [0.05, 0.1) is 4.88 Å². The molecule has 0 saturated carbocycles. The number of hydrogen-bond donors (Lipinski definition) is 2. The quantitative estimate of drug-likeness (QED) is 0.772. The fourth-order valence-corrected chi connectivity index (χ4v) is 3.50. The van der Waals surface area contributed by atoms with Gasteiger partial charge in [-0.1, -0.05) is 34.1 Å². The van der Waals surface area contributed by atoms with E-state index in [1.807, 2.05) is 19.9 Å². The van der Waals surface area contributed by atoms with Crippen LogP contribution in [-0.4, -0.2) is 23.0 Å². The van der Waals surface area contributed by atoms with Gasteiger partial charge in [0.1, 0.15) is 6.04 Å². The van der Waals surface area contributed by atoms with E-state index in [4.69, 9.17) is 0 Å². The maximum Gasteiger partial charge on any atom is 0.326 e. The molecule has 0 spiro atoms. The van der Waals surface area contributed by atoms with E-state index in [0.717, 1.165) is 19.3 Å². The summed E-state index contributed by atoms with van der Waals surface area (Å²) in [7, 11) is 0. The molecule has 0 unspecified atom stereocenters. The third kappa shape index (κ3) is 5.16. The number of rotatable bonds is 8. The molecule has 1 aromatic heterocycles. The number of nitrogens with one attached hydrogen (secondary N) is 1. The van der Waals surface area contributed by atoms with Crippen LogP contribution < -0.4 is 5.32 Å². The highest BCUT2D eigenvalue weighted by molar-refractivity contribution is 7.14. The number of aryl methyl sites for hydroxylation is 2. The first-order valence-corrected chi connectivity index (χ1v) is 8.35. The van der Waals surface area contributed by atoms with Crippen molar-refractivity contribution in [2.45, 2.75) is 59.4 Å². The van der Waals surface area contributed by atoms with Crippen LogP contribution in [0.2, 0.25) is 0 Å². The van der Waals surface area contributed by atoms with Crippen molar-refractivity contribution in [1.29, 1.82) is 0 Å². The lowest BCUT2D eigenvalue weighted by Gasteiger charge is -2.15. The molecule has 21 heavy (non-hydrogen) atoms. The summed E-state index contributed by atoms with van der Waals surface area (Å²) in [6.07, 6.45) is 3.34. The molecule has 0 aromatic carbocycles. The fourth-order valence-electron chi connectivity index (χ4n) is 2.24. The van der Waals surface area contributed by atoms with Gasteiger partial charge in [-0.25, -0.2) is 4.79 Å². The predicted octanol–water partition coefficient (Wildman–Crippen LogP) is 3.49. The number of aliphatic carboxylic acids is 1. The van der Waals surface area contributed by atoms with Gasteiger partial charge in [-0.15, -0.1) is 11.3 Å². The number of thiophene rings is 1. The van der Waals surface area contributed by atoms with E-state index in [2.05, 4.69) is 19.2 Å². The number of carbonyl (C=O) groups is 2. The predicted molar refractivity (Wildman–Crippen MR) is 86.0 cm³/mol. The normalized spacial score (nSPS) is 12.4. The lowest BCUT2D eigenvalue weighted by molar-refractivity contribution is -0.139. The summed E-state index contributed by atoms with van der Waals surface area (Å²) >= 11 is 1.48. The minimum absolute atomic E-state index is 0.219. The standard InChI is InChI=1S/C16H25NO3S/c1-5-7-13-11(6-2)9-14(21-13)15(18)17-12(16(19)20)8-10(3)4/h9-10,12H,5-8H2,1-4H3,(H,17,18)(H,19,20)/t12-/m0/s1. The monoisotopic (exact) mass is 311 g/mol. The Labute approximate surface area is 130 Å². The Morgan fingerprint density at radius 3 is 2.48 bits per heavy atom. The molecule has 4 nitrogen and oxygen atoms in total. The van der Waals surface area contributed by atoms with Gasteiger partial charge in [0.15, 0.2) is 0 Å². The molecule has 0 aliphatic heterocycles. The molecule has 0 radical (unpaired) electrons. The van der Waals surface area contributed by atoms with Crippen LogP contribution in [0.3, 0.4) is 0 Å². The topological polar surface area (TPSA) is 66.4 Å². The highest BCUT2D eigenvalue weighted by atomic mass is 32.1. The van der Waals surface area contributed by atoms with E-state index in [0.29, 0.717) is 11.3 Å². The molecule has 1 amide bonds. The first-order valence-electron chi connectivity index (χ1n) is 7.54. The fraction of sp³-hybridized carbons (Fsp3) is 0.625. The van der Waals surface area contributed by atoms with Crippen LogP contribution in [0.5, 0.6) is 0 Å². The molecule has 0 fully saturated rings. The van der Waals surface area contributed by atoms with Crippen molar-refractivity contribution >= 4 is 23.2 Å². The van der Waals surface area contributed by atoms with Gasteiger partial charge in [0.25, 0.3) is 5.91 Å². The summed E-state index contributed by atoms with van der Waals surface area (Å²) in [5, 5.41) is 11.8. The molecular weight excluding hydrogens is 286 g/mol. The van der Waals surface area contributed by atoms with Crippen LogP contribution in [0.15, 0.2) is 6.07 Å². The van der Waals surface area contributed by atoms with Gasteiger partial charge in [0, 0.05) is 4.88 Å². The summed E-state index contributed by atoms with van der Waals surface area (Å²) in [5.74, 6) is -1.03. The van der Waals surface area contributed by atoms with Gasteiger partial charge in [-0.3, -0.25) is 4.79 Å². The average Bonchev–Trinajstić information content (AvgIpc) is 2.81. The zero-order valence-electron chi connectivity index (χ0n) is 13.2. The van der Waals surface area contributed by atoms with Crippen molar-refractivity contribution < 1.29 is 14.7 Å². The zero-order valence-corrected chi connectivity index (χ0v) is 14.0. The Morgan fingerprint density at radius 1 is 1.33 bits per heavy atom. The molecule has 118 valence electrons. The maximum atomic E-state index is 12.3. The van der Waals surface area contributed by atoms with E-state index in [1.165, 1.54) is 21.8 Å². The Bertz CT molecular complexity index is 494. The Balaban J connectivity index is 2.84. The van der Waals surface area contributed by atoms with Crippen molar-refractivity contribution in [3.8, 4) is 0 Å². The van der Waals surface area contributed by atoms with Gasteiger partial charge in [-0.2, -0.15) is 0 Å². The first-order chi connectivity index (χ1) is 9.88. The molecule has 1 rings (SSSR count). The second kappa shape index (κ2) is 8.17. The second-order valence-corrected chi connectivity index (χ2v) is 6.79. The Hall–Kier alpha value is -1.36. The van der Waals surface area contributed by atoms with Gasteiger partial charge >= 0.3 is 5.97 Å². The van der Waals surface area contributed by atoms with Crippen LogP contribution in [0.1, 0.15) is 60.6 Å². The van der Waals surface area contributed by atoms with E-state index in [1.54, 1.807) is 0 Å². The molecule has 0 aliphatic carbocycles. The van der Waals surface area contributed by atoms with Gasteiger partial charge < -0.3 is 10.4 Å². The number of carbonyl (C=O) groups excluding carboxylic acids is 1. The Morgan fingerprint density at radius 2 is 2.00 bits per heavy atom. The summed E-state index contributed by atoms with van der Waals surface area (Å²) < 4.78 is 0.